The highest BCUT2D eigenvalue weighted by atomic mass is 16.3. The molecule has 1 atom stereocenters. The van der Waals surface area contributed by atoms with Gasteiger partial charge in [0.1, 0.15) is 5.72 Å². The highest BCUT2D eigenvalue weighted by Crippen LogP contribution is 2.07. The minimum Gasteiger partial charge on any atom is -0.372 e. The quantitative estimate of drug-likeness (QED) is 0.430. The minimum atomic E-state index is -1.21. The van der Waals surface area contributed by atoms with Crippen LogP contribution in [0.4, 0.5) is 0 Å². The van der Waals surface area contributed by atoms with E-state index in [1.54, 1.807) is 18.2 Å². The first-order chi connectivity index (χ1) is 3.71. The summed E-state index contributed by atoms with van der Waals surface area (Å²) in [5.74, 6) is 0. The molecule has 0 bridgehead atoms. The van der Waals surface area contributed by atoms with Gasteiger partial charge in [0.2, 0.25) is 0 Å². The van der Waals surface area contributed by atoms with E-state index in [0.29, 0.717) is 0 Å². The Kier molecular flexibility index (Phi) is 1.19. The van der Waals surface area contributed by atoms with Crippen LogP contribution in [-0.2, 0) is 0 Å². The number of hydrogen-bond acceptors (Lipinski definition) is 2. The Balaban J connectivity index is 2.65. The van der Waals surface area contributed by atoms with Crippen molar-refractivity contribution in [3.05, 3.63) is 30.7 Å². The predicted molar refractivity (Wildman–Crippen MR) is 31.7 cm³/mol. The molecule has 1 radical (unpaired) electrons. The van der Waals surface area contributed by atoms with E-state index in [0.717, 1.165) is 0 Å². The molecule has 0 saturated heterocycles. The van der Waals surface area contributed by atoms with E-state index in [-0.39, 0.29) is 0 Å². The van der Waals surface area contributed by atoms with Crippen molar-refractivity contribution in [2.45, 2.75) is 5.72 Å². The number of aliphatic hydroxyl groups is 1. The molecule has 1 aliphatic rings. The smallest absolute Gasteiger partial charge is 0.140 e. The molecule has 0 heterocycles. The van der Waals surface area contributed by atoms with Crippen molar-refractivity contribution in [2.24, 2.45) is 5.73 Å². The van der Waals surface area contributed by atoms with Gasteiger partial charge in [-0.3, -0.25) is 5.73 Å². The molecule has 0 aromatic rings. The lowest BCUT2D eigenvalue weighted by Gasteiger charge is -2.17. The third-order valence-corrected chi connectivity index (χ3v) is 0.949. The monoisotopic (exact) mass is 110 g/mol. The molecule has 0 saturated carbocycles. The van der Waals surface area contributed by atoms with E-state index in [1.807, 2.05) is 0 Å². The highest BCUT2D eigenvalue weighted by molar-refractivity contribution is 5.24. The number of allylic oxidation sites excluding steroid dienone is 2. The van der Waals surface area contributed by atoms with Crippen molar-refractivity contribution >= 4 is 0 Å². The van der Waals surface area contributed by atoms with Crippen LogP contribution in [0.15, 0.2) is 24.3 Å². The topological polar surface area (TPSA) is 46.2 Å². The summed E-state index contributed by atoms with van der Waals surface area (Å²) in [7, 11) is 0. The van der Waals surface area contributed by atoms with Crippen LogP contribution in [0.25, 0.3) is 0 Å². The van der Waals surface area contributed by atoms with E-state index >= 15 is 0 Å². The molecule has 3 N–H and O–H groups in total. The second kappa shape index (κ2) is 1.73. The fraction of sp³-hybridized carbons (Fsp3) is 0.167. The second-order valence-electron chi connectivity index (χ2n) is 1.80. The largest absolute Gasteiger partial charge is 0.372 e. The lowest BCUT2D eigenvalue weighted by atomic mass is 10.1. The third-order valence-electron chi connectivity index (χ3n) is 0.949. The Labute approximate surface area is 48.3 Å². The van der Waals surface area contributed by atoms with Gasteiger partial charge in [-0.05, 0) is 6.08 Å². The van der Waals surface area contributed by atoms with Crippen LogP contribution in [0.5, 0.6) is 0 Å². The number of nitrogens with two attached hydrogens (primary N) is 1. The third kappa shape index (κ3) is 1.18. The van der Waals surface area contributed by atoms with Crippen LogP contribution in [0.2, 0.25) is 0 Å². The zero-order valence-corrected chi connectivity index (χ0v) is 4.41. The summed E-state index contributed by atoms with van der Waals surface area (Å²) < 4.78 is 0. The molecule has 2 nitrogen and oxygen atoms in total. The maximum Gasteiger partial charge on any atom is 0.140 e. The van der Waals surface area contributed by atoms with Gasteiger partial charge in [-0.15, -0.1) is 0 Å². The van der Waals surface area contributed by atoms with E-state index in [1.165, 1.54) is 12.5 Å². The molecule has 0 aliphatic heterocycles. The molecule has 0 amide bonds. The molecule has 8 heavy (non-hydrogen) atoms. The summed E-state index contributed by atoms with van der Waals surface area (Å²) in [5.41, 5.74) is 4.03. The molecule has 0 aromatic heterocycles. The highest BCUT2D eigenvalue weighted by Gasteiger charge is 2.15. The van der Waals surface area contributed by atoms with E-state index in [4.69, 9.17) is 10.8 Å². The SMILES string of the molecule is NC1(O)[CH]C=CC=C1. The number of hydrogen-bond donors (Lipinski definition) is 2. The average Bonchev–Trinajstić information content (AvgIpc) is 1.65. The van der Waals surface area contributed by atoms with Crippen LogP contribution in [0.3, 0.4) is 0 Å². The molecule has 1 aliphatic carbocycles. The normalized spacial score (nSPS) is 35.8. The minimum absolute atomic E-state index is 1.21. The van der Waals surface area contributed by atoms with Crippen molar-refractivity contribution in [1.82, 2.24) is 0 Å². The average molecular weight is 110 g/mol. The molecule has 0 fully saturated rings. The Morgan fingerprint density at radius 2 is 2.00 bits per heavy atom. The van der Waals surface area contributed by atoms with Gasteiger partial charge in [0.05, 0.1) is 0 Å². The Bertz CT molecular complexity index is 135. The fourth-order valence-electron chi connectivity index (χ4n) is 0.539. The predicted octanol–water partition coefficient (Wildman–Crippen LogP) is -0.0360. The van der Waals surface area contributed by atoms with Gasteiger partial charge < -0.3 is 5.11 Å². The molecule has 1 rings (SSSR count). The van der Waals surface area contributed by atoms with Crippen molar-refractivity contribution in [2.75, 3.05) is 0 Å². The van der Waals surface area contributed by atoms with Crippen molar-refractivity contribution in [1.29, 1.82) is 0 Å². The van der Waals surface area contributed by atoms with Crippen LogP contribution in [0, 0.1) is 6.42 Å². The van der Waals surface area contributed by atoms with Gasteiger partial charge in [0, 0.05) is 6.42 Å². The molecular formula is C6H8NO. The van der Waals surface area contributed by atoms with Crippen LogP contribution in [-0.4, -0.2) is 10.8 Å². The summed E-state index contributed by atoms with van der Waals surface area (Å²) in [6, 6.07) is 0. The van der Waals surface area contributed by atoms with Crippen LogP contribution < -0.4 is 5.73 Å². The van der Waals surface area contributed by atoms with Gasteiger partial charge in [-0.1, -0.05) is 18.2 Å². The summed E-state index contributed by atoms with van der Waals surface area (Å²) in [5, 5.41) is 8.96. The first-order valence-corrected chi connectivity index (χ1v) is 2.42. The lowest BCUT2D eigenvalue weighted by Crippen LogP contribution is -2.37. The lowest BCUT2D eigenvalue weighted by molar-refractivity contribution is 0.137. The van der Waals surface area contributed by atoms with E-state index in [9.17, 15) is 0 Å². The van der Waals surface area contributed by atoms with Crippen molar-refractivity contribution < 1.29 is 5.11 Å². The summed E-state index contributed by atoms with van der Waals surface area (Å²) in [6.45, 7) is 0. The molecule has 43 valence electrons. The van der Waals surface area contributed by atoms with Gasteiger partial charge in [-0.25, -0.2) is 0 Å². The van der Waals surface area contributed by atoms with E-state index < -0.39 is 5.72 Å². The van der Waals surface area contributed by atoms with Gasteiger partial charge in [0.15, 0.2) is 0 Å². The first-order valence-electron chi connectivity index (χ1n) is 2.42. The molecule has 0 aromatic carbocycles. The molecule has 2 heteroatoms. The Morgan fingerprint density at radius 3 is 2.25 bits per heavy atom. The van der Waals surface area contributed by atoms with Crippen LogP contribution >= 0.6 is 0 Å². The maximum absolute atomic E-state index is 8.96. The van der Waals surface area contributed by atoms with Gasteiger partial charge >= 0.3 is 0 Å². The zero-order chi connectivity index (χ0) is 6.04. The van der Waals surface area contributed by atoms with Crippen molar-refractivity contribution in [3.8, 4) is 0 Å². The maximum atomic E-state index is 8.96. The molecule has 0 spiro atoms. The summed E-state index contributed by atoms with van der Waals surface area (Å²) in [4.78, 5) is 0. The molecule has 1 unspecified atom stereocenters. The van der Waals surface area contributed by atoms with E-state index in [2.05, 4.69) is 0 Å². The summed E-state index contributed by atoms with van der Waals surface area (Å²) in [6.07, 6.45) is 8.27. The summed E-state index contributed by atoms with van der Waals surface area (Å²) >= 11 is 0. The van der Waals surface area contributed by atoms with Crippen molar-refractivity contribution in [3.63, 3.8) is 0 Å². The Morgan fingerprint density at radius 1 is 1.25 bits per heavy atom. The standard InChI is InChI=1S/C6H8NO/c7-6(8)4-2-1-3-5-6/h1-5,8H,7H2. The van der Waals surface area contributed by atoms with Crippen LogP contribution in [0.1, 0.15) is 0 Å². The first kappa shape index (κ1) is 5.54. The number of rotatable bonds is 0. The fourth-order valence-corrected chi connectivity index (χ4v) is 0.539. The molecular weight excluding hydrogens is 102 g/mol. The van der Waals surface area contributed by atoms with Gasteiger partial charge in [0.25, 0.3) is 0 Å². The van der Waals surface area contributed by atoms with Gasteiger partial charge in [-0.2, -0.15) is 0 Å². The Hall–Kier alpha value is -0.600. The second-order valence-corrected chi connectivity index (χ2v) is 1.80. The zero-order valence-electron chi connectivity index (χ0n) is 4.41.